The Bertz CT molecular complexity index is 477. The van der Waals surface area contributed by atoms with Gasteiger partial charge in [0.1, 0.15) is 12.4 Å². The minimum atomic E-state index is -0.926. The summed E-state index contributed by atoms with van der Waals surface area (Å²) >= 11 is 0. The Morgan fingerprint density at radius 2 is 2.19 bits per heavy atom. The number of carbonyl (C=O) groups is 1. The zero-order valence-electron chi connectivity index (χ0n) is 12.4. The number of carboxylic acids is 1. The van der Waals surface area contributed by atoms with Crippen LogP contribution in [0.15, 0.2) is 24.3 Å². The number of rotatable bonds is 6. The lowest BCUT2D eigenvalue weighted by molar-refractivity contribution is -0.148. The van der Waals surface area contributed by atoms with Crippen molar-refractivity contribution in [2.24, 2.45) is 5.92 Å². The second-order valence-corrected chi connectivity index (χ2v) is 5.41. The van der Waals surface area contributed by atoms with Gasteiger partial charge in [-0.15, -0.1) is 0 Å². The summed E-state index contributed by atoms with van der Waals surface area (Å²) in [7, 11) is 0. The van der Waals surface area contributed by atoms with Crippen LogP contribution in [-0.2, 0) is 11.2 Å². The third-order valence-corrected chi connectivity index (χ3v) is 4.00. The van der Waals surface area contributed by atoms with E-state index in [1.807, 2.05) is 29.2 Å². The maximum atomic E-state index is 11.1. The number of para-hydroxylation sites is 1. The van der Waals surface area contributed by atoms with Crippen molar-refractivity contribution in [1.82, 2.24) is 4.90 Å². The number of aliphatic hydroxyl groups excluding tert-OH is 1. The molecule has 0 aromatic heterocycles. The smallest absolute Gasteiger partial charge is 0.310 e. The highest BCUT2D eigenvalue weighted by Gasteiger charge is 2.32. The molecule has 1 aliphatic heterocycles. The standard InChI is InChI=1S/C16H23NO4/c1-2-12-5-3-4-6-15(12)21-10-9-17-8-7-14(18)13(11-17)16(19)20/h3-6,13-14,18H,2,7-11H2,1H3,(H,19,20)/t13-,14+/m0/s1. The molecule has 2 rings (SSSR count). The van der Waals surface area contributed by atoms with Crippen molar-refractivity contribution in [3.05, 3.63) is 29.8 Å². The van der Waals surface area contributed by atoms with E-state index < -0.39 is 18.0 Å². The fourth-order valence-electron chi connectivity index (χ4n) is 2.67. The molecule has 2 N–H and O–H groups in total. The monoisotopic (exact) mass is 293 g/mol. The molecule has 1 saturated heterocycles. The molecule has 1 aliphatic rings. The van der Waals surface area contributed by atoms with E-state index >= 15 is 0 Å². The molecular weight excluding hydrogens is 270 g/mol. The molecule has 1 heterocycles. The Balaban J connectivity index is 1.82. The highest BCUT2D eigenvalue weighted by atomic mass is 16.5. The van der Waals surface area contributed by atoms with Crippen LogP contribution in [-0.4, -0.2) is 53.4 Å². The van der Waals surface area contributed by atoms with Gasteiger partial charge in [-0.1, -0.05) is 25.1 Å². The maximum absolute atomic E-state index is 11.1. The van der Waals surface area contributed by atoms with Crippen LogP contribution in [0.5, 0.6) is 5.75 Å². The average molecular weight is 293 g/mol. The fourth-order valence-corrected chi connectivity index (χ4v) is 2.67. The normalized spacial score (nSPS) is 23.0. The molecule has 0 radical (unpaired) electrons. The molecule has 5 heteroatoms. The first kappa shape index (κ1) is 15.8. The number of benzene rings is 1. The van der Waals surface area contributed by atoms with Gasteiger partial charge in [0.2, 0.25) is 0 Å². The number of carboxylic acid groups (broad SMARTS) is 1. The van der Waals surface area contributed by atoms with Gasteiger partial charge in [0.05, 0.1) is 12.0 Å². The topological polar surface area (TPSA) is 70.0 Å². The van der Waals surface area contributed by atoms with Gasteiger partial charge in [0.15, 0.2) is 0 Å². The number of hydrogen-bond acceptors (Lipinski definition) is 4. The molecule has 2 atom stereocenters. The van der Waals surface area contributed by atoms with Crippen LogP contribution in [0.3, 0.4) is 0 Å². The van der Waals surface area contributed by atoms with E-state index in [2.05, 4.69) is 6.92 Å². The number of aliphatic carboxylic acids is 1. The van der Waals surface area contributed by atoms with Crippen LogP contribution in [0.4, 0.5) is 0 Å². The Labute approximate surface area is 125 Å². The van der Waals surface area contributed by atoms with Gasteiger partial charge in [0.25, 0.3) is 0 Å². The fraction of sp³-hybridized carbons (Fsp3) is 0.562. The summed E-state index contributed by atoms with van der Waals surface area (Å²) in [6, 6.07) is 7.95. The van der Waals surface area contributed by atoms with Crippen molar-refractivity contribution in [2.75, 3.05) is 26.2 Å². The molecule has 0 saturated carbocycles. The van der Waals surface area contributed by atoms with Crippen LogP contribution in [0.2, 0.25) is 0 Å². The number of nitrogens with zero attached hydrogens (tertiary/aromatic N) is 1. The van der Waals surface area contributed by atoms with Crippen molar-refractivity contribution in [3.63, 3.8) is 0 Å². The quantitative estimate of drug-likeness (QED) is 0.829. The third-order valence-electron chi connectivity index (χ3n) is 4.00. The van der Waals surface area contributed by atoms with E-state index in [0.29, 0.717) is 32.7 Å². The summed E-state index contributed by atoms with van der Waals surface area (Å²) in [6.45, 7) is 4.39. The largest absolute Gasteiger partial charge is 0.492 e. The summed E-state index contributed by atoms with van der Waals surface area (Å²) in [5, 5.41) is 18.8. The second kappa shape index (κ2) is 7.43. The third kappa shape index (κ3) is 4.19. The van der Waals surface area contributed by atoms with Gasteiger partial charge < -0.3 is 14.9 Å². The van der Waals surface area contributed by atoms with E-state index in [4.69, 9.17) is 9.84 Å². The van der Waals surface area contributed by atoms with E-state index in [1.54, 1.807) is 0 Å². The molecule has 116 valence electrons. The summed E-state index contributed by atoms with van der Waals surface area (Å²) in [5.41, 5.74) is 1.18. The van der Waals surface area contributed by atoms with Gasteiger partial charge in [0, 0.05) is 19.6 Å². The van der Waals surface area contributed by atoms with Crippen LogP contribution < -0.4 is 4.74 Å². The molecule has 21 heavy (non-hydrogen) atoms. The minimum Gasteiger partial charge on any atom is -0.492 e. The summed E-state index contributed by atoms with van der Waals surface area (Å²) in [4.78, 5) is 13.1. The first-order valence-corrected chi connectivity index (χ1v) is 7.45. The number of aliphatic hydroxyl groups is 1. The second-order valence-electron chi connectivity index (χ2n) is 5.41. The summed E-state index contributed by atoms with van der Waals surface area (Å²) in [5.74, 6) is -0.724. The van der Waals surface area contributed by atoms with Gasteiger partial charge in [-0.05, 0) is 24.5 Å². The molecule has 1 aromatic rings. The van der Waals surface area contributed by atoms with Gasteiger partial charge in [-0.25, -0.2) is 0 Å². The van der Waals surface area contributed by atoms with Crippen molar-refractivity contribution in [2.45, 2.75) is 25.9 Å². The molecule has 1 aromatic carbocycles. The van der Waals surface area contributed by atoms with Crippen LogP contribution in [0, 0.1) is 5.92 Å². The predicted molar refractivity (Wildman–Crippen MR) is 79.5 cm³/mol. The Hall–Kier alpha value is -1.59. The molecule has 5 nitrogen and oxygen atoms in total. The van der Waals surface area contributed by atoms with Crippen LogP contribution in [0.1, 0.15) is 18.9 Å². The van der Waals surface area contributed by atoms with Crippen molar-refractivity contribution < 1.29 is 19.7 Å². The van der Waals surface area contributed by atoms with Crippen molar-refractivity contribution in [3.8, 4) is 5.75 Å². The summed E-state index contributed by atoms with van der Waals surface area (Å²) in [6.07, 6.45) is 0.691. The zero-order valence-corrected chi connectivity index (χ0v) is 12.4. The number of aryl methyl sites for hydroxylation is 1. The van der Waals surface area contributed by atoms with E-state index in [9.17, 15) is 9.90 Å². The molecule has 0 aliphatic carbocycles. The Morgan fingerprint density at radius 3 is 2.90 bits per heavy atom. The zero-order chi connectivity index (χ0) is 15.2. The van der Waals surface area contributed by atoms with E-state index in [0.717, 1.165) is 12.2 Å². The molecule has 1 fully saturated rings. The van der Waals surface area contributed by atoms with Crippen LogP contribution >= 0.6 is 0 Å². The molecule has 0 bridgehead atoms. The highest BCUT2D eigenvalue weighted by molar-refractivity contribution is 5.71. The first-order chi connectivity index (χ1) is 10.1. The van der Waals surface area contributed by atoms with Crippen molar-refractivity contribution >= 4 is 5.97 Å². The Kier molecular flexibility index (Phi) is 5.59. The first-order valence-electron chi connectivity index (χ1n) is 7.45. The SMILES string of the molecule is CCc1ccccc1OCCN1CC[C@@H](O)[C@@H](C(=O)O)C1. The lowest BCUT2D eigenvalue weighted by Gasteiger charge is -2.33. The molecule has 0 spiro atoms. The number of likely N-dealkylation sites (tertiary alicyclic amines) is 1. The summed E-state index contributed by atoms with van der Waals surface area (Å²) < 4.78 is 5.80. The number of piperidine rings is 1. The maximum Gasteiger partial charge on any atom is 0.310 e. The molecule has 0 unspecified atom stereocenters. The van der Waals surface area contributed by atoms with Crippen molar-refractivity contribution in [1.29, 1.82) is 0 Å². The van der Waals surface area contributed by atoms with Gasteiger partial charge in [-0.3, -0.25) is 9.69 Å². The predicted octanol–water partition coefficient (Wildman–Crippen LogP) is 1.40. The Morgan fingerprint density at radius 1 is 1.43 bits per heavy atom. The van der Waals surface area contributed by atoms with E-state index in [-0.39, 0.29) is 0 Å². The average Bonchev–Trinajstić information content (AvgIpc) is 2.49. The number of hydrogen-bond donors (Lipinski definition) is 2. The number of ether oxygens (including phenoxy) is 1. The van der Waals surface area contributed by atoms with Gasteiger partial charge in [-0.2, -0.15) is 0 Å². The lowest BCUT2D eigenvalue weighted by Crippen LogP contribution is -2.47. The minimum absolute atomic E-state index is 0.384. The molecule has 0 amide bonds. The highest BCUT2D eigenvalue weighted by Crippen LogP contribution is 2.19. The lowest BCUT2D eigenvalue weighted by atomic mass is 9.95. The molecular formula is C16H23NO4. The van der Waals surface area contributed by atoms with E-state index in [1.165, 1.54) is 5.56 Å². The van der Waals surface area contributed by atoms with Gasteiger partial charge >= 0.3 is 5.97 Å². The van der Waals surface area contributed by atoms with Crippen LogP contribution in [0.25, 0.3) is 0 Å².